The molecule has 0 fully saturated rings. The summed E-state index contributed by atoms with van der Waals surface area (Å²) in [6.45, 7) is -0.0582. The number of benzene rings is 2. The molecule has 0 atom stereocenters. The molecule has 2 aromatic carbocycles. The van der Waals surface area contributed by atoms with Crippen LogP contribution in [0, 0.1) is 0 Å². The number of fused-ring (bicyclic) bond motifs is 3. The zero-order chi connectivity index (χ0) is 22.9. The number of nitrogens with zero attached hydrogens (tertiary/aromatic N) is 4. The van der Waals surface area contributed by atoms with Crippen LogP contribution in [0.4, 0.5) is 0 Å². The number of ether oxygens (including phenoxy) is 1. The van der Waals surface area contributed by atoms with E-state index in [1.807, 2.05) is 47.8 Å². The number of carbonyl (C=O) groups excluding carboxylic acids is 1. The first-order valence-electron chi connectivity index (χ1n) is 9.96. The highest BCUT2D eigenvalue weighted by atomic mass is 35.5. The van der Waals surface area contributed by atoms with Crippen LogP contribution in [0.3, 0.4) is 0 Å². The number of rotatable bonds is 6. The number of hydrogen-bond donors (Lipinski definition) is 0. The van der Waals surface area contributed by atoms with Gasteiger partial charge in [-0.3, -0.25) is 13.8 Å². The van der Waals surface area contributed by atoms with Crippen molar-refractivity contribution in [3.05, 3.63) is 92.3 Å². The number of aryl methyl sites for hydroxylation is 1. The van der Waals surface area contributed by atoms with E-state index < -0.39 is 5.97 Å². The van der Waals surface area contributed by atoms with Crippen molar-refractivity contribution in [1.82, 2.24) is 19.2 Å². The molecule has 0 bridgehead atoms. The van der Waals surface area contributed by atoms with Gasteiger partial charge in [0.1, 0.15) is 4.70 Å². The molecule has 0 amide bonds. The lowest BCUT2D eigenvalue weighted by atomic mass is 10.1. The van der Waals surface area contributed by atoms with Crippen LogP contribution in [0.15, 0.2) is 69.7 Å². The molecule has 10 heteroatoms. The summed E-state index contributed by atoms with van der Waals surface area (Å²) in [4.78, 5) is 26.1. The van der Waals surface area contributed by atoms with Crippen LogP contribution in [0.2, 0.25) is 5.02 Å². The minimum absolute atomic E-state index is 0.0582. The summed E-state index contributed by atoms with van der Waals surface area (Å²) in [5.41, 5.74) is 2.13. The van der Waals surface area contributed by atoms with Gasteiger partial charge in [0.15, 0.2) is 12.4 Å². The van der Waals surface area contributed by atoms with Crippen molar-refractivity contribution in [3.8, 4) is 0 Å². The summed E-state index contributed by atoms with van der Waals surface area (Å²) in [7, 11) is 1.65. The molecule has 5 rings (SSSR count). The van der Waals surface area contributed by atoms with Crippen molar-refractivity contribution in [2.45, 2.75) is 17.3 Å². The second-order valence-corrected chi connectivity index (χ2v) is 9.67. The van der Waals surface area contributed by atoms with E-state index in [9.17, 15) is 9.59 Å². The van der Waals surface area contributed by atoms with Gasteiger partial charge in [-0.15, -0.1) is 33.3 Å². The molecular formula is C23H17ClN4O3S2. The molecular weight excluding hydrogens is 480 g/mol. The van der Waals surface area contributed by atoms with Crippen LogP contribution >= 0.6 is 34.7 Å². The van der Waals surface area contributed by atoms with Crippen LogP contribution < -0.4 is 5.56 Å². The maximum absolute atomic E-state index is 12.6. The summed E-state index contributed by atoms with van der Waals surface area (Å²) < 4.78 is 9.28. The van der Waals surface area contributed by atoms with Crippen LogP contribution in [-0.4, -0.2) is 25.1 Å². The number of esters is 1. The van der Waals surface area contributed by atoms with Crippen molar-refractivity contribution in [3.63, 3.8) is 0 Å². The van der Waals surface area contributed by atoms with Crippen LogP contribution in [0.1, 0.15) is 21.7 Å². The van der Waals surface area contributed by atoms with Gasteiger partial charge in [0.2, 0.25) is 5.78 Å². The molecule has 0 aliphatic carbocycles. The third kappa shape index (κ3) is 4.27. The first kappa shape index (κ1) is 21.7. The molecule has 3 aromatic heterocycles. The van der Waals surface area contributed by atoms with E-state index in [2.05, 4.69) is 10.2 Å². The van der Waals surface area contributed by atoms with Gasteiger partial charge in [-0.2, -0.15) is 0 Å². The monoisotopic (exact) mass is 496 g/mol. The third-order valence-corrected chi connectivity index (χ3v) is 7.37. The Balaban J connectivity index is 1.27. The first-order chi connectivity index (χ1) is 16.0. The molecule has 166 valence electrons. The fourth-order valence-corrected chi connectivity index (χ4v) is 5.23. The van der Waals surface area contributed by atoms with E-state index in [1.165, 1.54) is 15.9 Å². The summed E-state index contributed by atoms with van der Waals surface area (Å²) in [5, 5.41) is 10.8. The second kappa shape index (κ2) is 9.01. The maximum Gasteiger partial charge on any atom is 0.338 e. The van der Waals surface area contributed by atoms with E-state index in [1.54, 1.807) is 35.3 Å². The second-order valence-electron chi connectivity index (χ2n) is 7.27. The molecule has 0 saturated heterocycles. The molecule has 0 aliphatic rings. The molecule has 0 unspecified atom stereocenters. The molecule has 0 aliphatic heterocycles. The lowest BCUT2D eigenvalue weighted by molar-refractivity contribution is 0.0461. The van der Waals surface area contributed by atoms with Gasteiger partial charge in [-0.25, -0.2) is 4.79 Å². The highest BCUT2D eigenvalue weighted by Crippen LogP contribution is 2.24. The van der Waals surface area contributed by atoms with Crippen molar-refractivity contribution in [1.29, 1.82) is 0 Å². The van der Waals surface area contributed by atoms with Gasteiger partial charge in [-0.1, -0.05) is 23.7 Å². The summed E-state index contributed by atoms with van der Waals surface area (Å²) in [6.07, 6.45) is 0. The molecule has 0 radical (unpaired) electrons. The number of hydrogen-bond acceptors (Lipinski definition) is 7. The molecule has 0 spiro atoms. The Morgan fingerprint density at radius 2 is 1.85 bits per heavy atom. The smallest absolute Gasteiger partial charge is 0.338 e. The van der Waals surface area contributed by atoms with Crippen molar-refractivity contribution >= 4 is 56.7 Å². The Morgan fingerprint density at radius 1 is 1.09 bits per heavy atom. The van der Waals surface area contributed by atoms with Gasteiger partial charge in [0.25, 0.3) is 5.56 Å². The topological polar surface area (TPSA) is 78.5 Å². The molecule has 33 heavy (non-hydrogen) atoms. The maximum atomic E-state index is 12.6. The predicted molar refractivity (Wildman–Crippen MR) is 130 cm³/mol. The fraction of sp³-hybridized carbons (Fsp3) is 0.130. The number of halogens is 1. The Bertz CT molecular complexity index is 1520. The van der Waals surface area contributed by atoms with Gasteiger partial charge < -0.3 is 4.74 Å². The Labute approximate surface area is 201 Å². The minimum atomic E-state index is -0.449. The SMILES string of the molecule is Cn1c(=O)c2sccc2n2c(COC(=O)c3ccc(CSc4ccc(Cl)cc4)cc3)nnc12. The highest BCUT2D eigenvalue weighted by Gasteiger charge is 2.17. The number of carbonyl (C=O) groups is 1. The Hall–Kier alpha value is -3.14. The lowest BCUT2D eigenvalue weighted by Gasteiger charge is -2.07. The van der Waals surface area contributed by atoms with E-state index in [4.69, 9.17) is 16.3 Å². The van der Waals surface area contributed by atoms with E-state index >= 15 is 0 Å². The van der Waals surface area contributed by atoms with E-state index in [-0.39, 0.29) is 12.2 Å². The van der Waals surface area contributed by atoms with Gasteiger partial charge in [0.05, 0.1) is 11.1 Å². The van der Waals surface area contributed by atoms with Gasteiger partial charge >= 0.3 is 5.97 Å². The Kier molecular flexibility index (Phi) is 5.92. The lowest BCUT2D eigenvalue weighted by Crippen LogP contribution is -2.19. The number of thiophene rings is 1. The van der Waals surface area contributed by atoms with Gasteiger partial charge in [0, 0.05) is 22.7 Å². The van der Waals surface area contributed by atoms with E-state index in [0.29, 0.717) is 32.4 Å². The van der Waals surface area contributed by atoms with Crippen molar-refractivity contribution < 1.29 is 9.53 Å². The summed E-state index contributed by atoms with van der Waals surface area (Å²) in [5.74, 6) is 1.18. The average Bonchev–Trinajstić information content (AvgIpc) is 3.48. The molecule has 7 nitrogen and oxygen atoms in total. The van der Waals surface area contributed by atoms with Crippen LogP contribution in [0.25, 0.3) is 16.0 Å². The van der Waals surface area contributed by atoms with Crippen LogP contribution in [0.5, 0.6) is 0 Å². The zero-order valence-electron chi connectivity index (χ0n) is 17.4. The Morgan fingerprint density at radius 3 is 2.61 bits per heavy atom. The third-order valence-electron chi connectivity index (χ3n) is 5.14. The minimum Gasteiger partial charge on any atom is -0.454 e. The molecule has 0 saturated carbocycles. The van der Waals surface area contributed by atoms with Crippen molar-refractivity contribution in [2.75, 3.05) is 0 Å². The summed E-state index contributed by atoms with van der Waals surface area (Å²) >= 11 is 8.97. The normalized spacial score (nSPS) is 11.3. The molecule has 3 heterocycles. The highest BCUT2D eigenvalue weighted by molar-refractivity contribution is 7.98. The summed E-state index contributed by atoms with van der Waals surface area (Å²) in [6, 6.07) is 16.9. The molecule has 0 N–H and O–H groups in total. The average molecular weight is 497 g/mol. The zero-order valence-corrected chi connectivity index (χ0v) is 19.8. The number of thioether (sulfide) groups is 1. The van der Waals surface area contributed by atoms with Crippen LogP contribution in [-0.2, 0) is 24.1 Å². The fourth-order valence-electron chi connectivity index (χ4n) is 3.39. The number of aromatic nitrogens is 4. The van der Waals surface area contributed by atoms with Gasteiger partial charge in [-0.05, 0) is 53.4 Å². The largest absolute Gasteiger partial charge is 0.454 e. The van der Waals surface area contributed by atoms with E-state index in [0.717, 1.165) is 16.2 Å². The standard InChI is InChI=1S/C23H17ClN4O3S2/c1-27-21(29)20-18(10-11-32-20)28-19(25-26-23(27)28)12-31-22(30)15-4-2-14(3-5-15)13-33-17-8-6-16(24)7-9-17/h2-11H,12-13H2,1H3. The molecule has 5 aromatic rings. The predicted octanol–water partition coefficient (Wildman–Crippen LogP) is 4.95. The quantitative estimate of drug-likeness (QED) is 0.244. The first-order valence-corrected chi connectivity index (χ1v) is 12.2. The van der Waals surface area contributed by atoms with Crippen molar-refractivity contribution in [2.24, 2.45) is 7.05 Å².